The van der Waals surface area contributed by atoms with E-state index in [9.17, 15) is 14.4 Å². The Morgan fingerprint density at radius 2 is 1.85 bits per heavy atom. The van der Waals surface area contributed by atoms with E-state index in [-0.39, 0.29) is 29.7 Å². The van der Waals surface area contributed by atoms with Gasteiger partial charge in [-0.15, -0.1) is 0 Å². The van der Waals surface area contributed by atoms with Gasteiger partial charge in [-0.25, -0.2) is 0 Å². The van der Waals surface area contributed by atoms with Crippen LogP contribution in [-0.2, 0) is 14.4 Å². The molecule has 3 aliphatic rings. The van der Waals surface area contributed by atoms with Crippen LogP contribution in [0.4, 0.5) is 0 Å². The Balaban J connectivity index is 1.58. The predicted molar refractivity (Wildman–Crippen MR) is 98.4 cm³/mol. The van der Waals surface area contributed by atoms with Crippen molar-refractivity contribution >= 4 is 17.7 Å². The second-order valence-corrected chi connectivity index (χ2v) is 7.77. The fourth-order valence-corrected chi connectivity index (χ4v) is 4.45. The molecule has 0 aromatic carbocycles. The first-order chi connectivity index (χ1) is 12.6. The number of hydrogen-bond acceptors (Lipinski definition) is 4. The summed E-state index contributed by atoms with van der Waals surface area (Å²) in [6.07, 6.45) is 5.10. The number of hydrogen-bond donors (Lipinski definition) is 1. The number of carbonyl (C=O) groups is 3. The quantitative estimate of drug-likeness (QED) is 0.786. The molecular weight excluding hydrogens is 332 g/mol. The van der Waals surface area contributed by atoms with Gasteiger partial charge in [-0.1, -0.05) is 6.92 Å². The SMILES string of the molecule is CCCC(=O)N1CCCC(C(=O)N2CCCC(N3CCNCC3=O)C2)C1. The minimum absolute atomic E-state index is 0.0815. The molecule has 3 fully saturated rings. The van der Waals surface area contributed by atoms with Crippen LogP contribution < -0.4 is 5.32 Å². The molecule has 0 radical (unpaired) electrons. The molecule has 1 N–H and O–H groups in total. The number of piperidine rings is 2. The molecule has 0 aromatic heterocycles. The first-order valence-electron chi connectivity index (χ1n) is 10.2. The second-order valence-electron chi connectivity index (χ2n) is 7.77. The van der Waals surface area contributed by atoms with Crippen LogP contribution in [0.25, 0.3) is 0 Å². The molecule has 0 aromatic rings. The van der Waals surface area contributed by atoms with Gasteiger partial charge in [0.15, 0.2) is 0 Å². The Kier molecular flexibility index (Phi) is 6.51. The van der Waals surface area contributed by atoms with Gasteiger partial charge in [0.1, 0.15) is 0 Å². The molecule has 26 heavy (non-hydrogen) atoms. The summed E-state index contributed by atoms with van der Waals surface area (Å²) >= 11 is 0. The number of piperazine rings is 1. The Morgan fingerprint density at radius 3 is 2.62 bits per heavy atom. The van der Waals surface area contributed by atoms with Gasteiger partial charge in [-0.3, -0.25) is 14.4 Å². The molecule has 0 aliphatic carbocycles. The topological polar surface area (TPSA) is 73.0 Å². The zero-order valence-electron chi connectivity index (χ0n) is 15.9. The smallest absolute Gasteiger partial charge is 0.236 e. The fraction of sp³-hybridized carbons (Fsp3) is 0.842. The number of amides is 3. The summed E-state index contributed by atoms with van der Waals surface area (Å²) < 4.78 is 0. The summed E-state index contributed by atoms with van der Waals surface area (Å²) in [5.41, 5.74) is 0. The van der Waals surface area contributed by atoms with Gasteiger partial charge in [0.25, 0.3) is 0 Å². The maximum Gasteiger partial charge on any atom is 0.236 e. The van der Waals surface area contributed by atoms with Gasteiger partial charge in [-0.2, -0.15) is 0 Å². The molecule has 3 rings (SSSR count). The van der Waals surface area contributed by atoms with Crippen molar-refractivity contribution in [2.45, 2.75) is 51.5 Å². The van der Waals surface area contributed by atoms with Crippen molar-refractivity contribution in [2.24, 2.45) is 5.92 Å². The fourth-order valence-electron chi connectivity index (χ4n) is 4.45. The Bertz CT molecular complexity index is 539. The highest BCUT2D eigenvalue weighted by molar-refractivity contribution is 5.82. The third-order valence-electron chi connectivity index (χ3n) is 5.86. The second kappa shape index (κ2) is 8.84. The molecule has 3 amide bonds. The molecule has 3 saturated heterocycles. The first kappa shape index (κ1) is 19.1. The van der Waals surface area contributed by atoms with Crippen LogP contribution in [0.2, 0.25) is 0 Å². The van der Waals surface area contributed by atoms with E-state index in [1.165, 1.54) is 0 Å². The van der Waals surface area contributed by atoms with E-state index < -0.39 is 0 Å². The van der Waals surface area contributed by atoms with Gasteiger partial charge < -0.3 is 20.0 Å². The summed E-state index contributed by atoms with van der Waals surface area (Å²) in [5, 5.41) is 3.11. The Labute approximate surface area is 156 Å². The van der Waals surface area contributed by atoms with E-state index in [4.69, 9.17) is 0 Å². The van der Waals surface area contributed by atoms with E-state index >= 15 is 0 Å². The summed E-state index contributed by atoms with van der Waals surface area (Å²) in [6, 6.07) is 0.142. The summed E-state index contributed by atoms with van der Waals surface area (Å²) in [7, 11) is 0. The molecule has 146 valence electrons. The van der Waals surface area contributed by atoms with Crippen LogP contribution in [0.3, 0.4) is 0 Å². The van der Waals surface area contributed by atoms with E-state index in [1.807, 2.05) is 21.6 Å². The minimum atomic E-state index is -0.0815. The van der Waals surface area contributed by atoms with Crippen molar-refractivity contribution in [3.8, 4) is 0 Å². The summed E-state index contributed by atoms with van der Waals surface area (Å²) in [4.78, 5) is 43.2. The van der Waals surface area contributed by atoms with Crippen molar-refractivity contribution in [3.63, 3.8) is 0 Å². The molecule has 2 atom stereocenters. The van der Waals surface area contributed by atoms with E-state index in [0.717, 1.165) is 58.3 Å². The lowest BCUT2D eigenvalue weighted by Gasteiger charge is -2.42. The lowest BCUT2D eigenvalue weighted by Crippen LogP contribution is -2.58. The van der Waals surface area contributed by atoms with Crippen LogP contribution in [0.15, 0.2) is 0 Å². The molecule has 3 heterocycles. The molecule has 7 heteroatoms. The Morgan fingerprint density at radius 1 is 1.08 bits per heavy atom. The molecule has 0 saturated carbocycles. The summed E-state index contributed by atoms with van der Waals surface area (Å²) in [5.74, 6) is 0.408. The molecule has 0 spiro atoms. The van der Waals surface area contributed by atoms with Gasteiger partial charge >= 0.3 is 0 Å². The van der Waals surface area contributed by atoms with Crippen LogP contribution in [0.1, 0.15) is 45.4 Å². The molecule has 0 bridgehead atoms. The number of rotatable bonds is 4. The van der Waals surface area contributed by atoms with E-state index in [0.29, 0.717) is 26.1 Å². The predicted octanol–water partition coefficient (Wildman–Crippen LogP) is 0.448. The highest BCUT2D eigenvalue weighted by Crippen LogP contribution is 2.23. The highest BCUT2D eigenvalue weighted by atomic mass is 16.2. The number of carbonyl (C=O) groups excluding carboxylic acids is 3. The lowest BCUT2D eigenvalue weighted by atomic mass is 9.94. The first-order valence-corrected chi connectivity index (χ1v) is 10.2. The van der Waals surface area contributed by atoms with Gasteiger partial charge in [0, 0.05) is 51.7 Å². The molecule has 7 nitrogen and oxygen atoms in total. The average molecular weight is 364 g/mol. The van der Waals surface area contributed by atoms with Gasteiger partial charge in [0.05, 0.1) is 12.5 Å². The van der Waals surface area contributed by atoms with Gasteiger partial charge in [0.2, 0.25) is 17.7 Å². The molecule has 2 unspecified atom stereocenters. The maximum absolute atomic E-state index is 13.1. The largest absolute Gasteiger partial charge is 0.342 e. The van der Waals surface area contributed by atoms with Crippen molar-refractivity contribution in [1.29, 1.82) is 0 Å². The zero-order chi connectivity index (χ0) is 18.5. The van der Waals surface area contributed by atoms with Crippen molar-refractivity contribution in [3.05, 3.63) is 0 Å². The van der Waals surface area contributed by atoms with Crippen molar-refractivity contribution < 1.29 is 14.4 Å². The number of nitrogens with one attached hydrogen (secondary N) is 1. The molecule has 3 aliphatic heterocycles. The monoisotopic (exact) mass is 364 g/mol. The highest BCUT2D eigenvalue weighted by Gasteiger charge is 2.35. The van der Waals surface area contributed by atoms with Crippen LogP contribution in [-0.4, -0.2) is 84.3 Å². The van der Waals surface area contributed by atoms with E-state index in [2.05, 4.69) is 5.32 Å². The average Bonchev–Trinajstić information content (AvgIpc) is 2.68. The third-order valence-corrected chi connectivity index (χ3v) is 5.86. The van der Waals surface area contributed by atoms with Gasteiger partial charge in [-0.05, 0) is 32.1 Å². The van der Waals surface area contributed by atoms with Crippen molar-refractivity contribution in [1.82, 2.24) is 20.0 Å². The van der Waals surface area contributed by atoms with Crippen molar-refractivity contribution in [2.75, 3.05) is 45.8 Å². The Hall–Kier alpha value is -1.63. The van der Waals surface area contributed by atoms with E-state index in [1.54, 1.807) is 0 Å². The zero-order valence-corrected chi connectivity index (χ0v) is 15.9. The third kappa shape index (κ3) is 4.37. The molecular formula is C19H32N4O3. The minimum Gasteiger partial charge on any atom is -0.342 e. The number of likely N-dealkylation sites (tertiary alicyclic amines) is 2. The standard InChI is InChI=1S/C19H32N4O3/c1-2-5-17(24)21-9-3-6-15(13-21)19(26)22-10-4-7-16(14-22)23-11-8-20-12-18(23)25/h15-16,20H,2-14H2,1H3. The normalized spacial score (nSPS) is 27.6. The van der Waals surface area contributed by atoms with Crippen LogP contribution in [0, 0.1) is 5.92 Å². The lowest BCUT2D eigenvalue weighted by molar-refractivity contribution is -0.145. The number of nitrogens with zero attached hydrogens (tertiary/aromatic N) is 3. The van der Waals surface area contributed by atoms with Crippen LogP contribution in [0.5, 0.6) is 0 Å². The van der Waals surface area contributed by atoms with Crippen LogP contribution >= 0.6 is 0 Å². The maximum atomic E-state index is 13.1. The summed E-state index contributed by atoms with van der Waals surface area (Å²) in [6.45, 7) is 6.73.